The van der Waals surface area contributed by atoms with Gasteiger partial charge in [0.05, 0.1) is 47.8 Å². The maximum Gasteiger partial charge on any atom is 0.240 e. The van der Waals surface area contributed by atoms with Crippen molar-refractivity contribution in [2.24, 2.45) is 7.05 Å². The van der Waals surface area contributed by atoms with Gasteiger partial charge >= 0.3 is 0 Å². The van der Waals surface area contributed by atoms with Gasteiger partial charge in [-0.05, 0) is 67.4 Å². The molecule has 3 aromatic heterocycles. The van der Waals surface area contributed by atoms with Crippen LogP contribution >= 0.6 is 0 Å². The van der Waals surface area contributed by atoms with Crippen LogP contribution in [0.5, 0.6) is 11.8 Å². The molecule has 0 fully saturated rings. The Balaban J connectivity index is 1.73. The molecule has 1 atom stereocenters. The third kappa shape index (κ3) is 6.64. The van der Waals surface area contributed by atoms with Crippen molar-refractivity contribution in [3.8, 4) is 34.4 Å². The van der Waals surface area contributed by atoms with E-state index in [9.17, 15) is 5.11 Å². The van der Waals surface area contributed by atoms with E-state index in [4.69, 9.17) is 19.7 Å². The zero-order chi connectivity index (χ0) is 34.0. The van der Waals surface area contributed by atoms with Crippen molar-refractivity contribution in [2.45, 2.75) is 91.2 Å². The molecule has 4 aromatic rings. The molecule has 0 saturated carbocycles. The zero-order valence-electron chi connectivity index (χ0n) is 29.7. The molecule has 2 bridgehead atoms. The second-order valence-corrected chi connectivity index (χ2v) is 19.3. The molecule has 0 radical (unpaired) electrons. The van der Waals surface area contributed by atoms with Gasteiger partial charge in [-0.25, -0.2) is 4.68 Å². The highest BCUT2D eigenvalue weighted by Crippen LogP contribution is 2.42. The number of aryl methyl sites for hydroxylation is 1. The molecule has 5 rings (SSSR count). The molecule has 0 aliphatic carbocycles. The maximum absolute atomic E-state index is 9.83. The Morgan fingerprint density at radius 1 is 1.09 bits per heavy atom. The molecule has 11 heteroatoms. The first kappa shape index (κ1) is 34.5. The molecule has 1 aliphatic heterocycles. The van der Waals surface area contributed by atoms with Gasteiger partial charge in [-0.3, -0.25) is 14.7 Å². The minimum Gasteiger partial charge on any atom is -0.476 e. The van der Waals surface area contributed by atoms with Crippen molar-refractivity contribution in [3.63, 3.8) is 0 Å². The van der Waals surface area contributed by atoms with E-state index in [1.54, 1.807) is 0 Å². The Kier molecular flexibility index (Phi) is 10.3. The van der Waals surface area contributed by atoms with Crippen LogP contribution in [0.1, 0.15) is 78.0 Å². The number of hydrogen-bond donors (Lipinski definition) is 2. The smallest absolute Gasteiger partial charge is 0.240 e. The van der Waals surface area contributed by atoms with Crippen LogP contribution in [0.2, 0.25) is 16.6 Å². The number of ether oxygens (including phenoxy) is 2. The quantitative estimate of drug-likeness (QED) is 0.173. The van der Waals surface area contributed by atoms with Crippen molar-refractivity contribution in [2.75, 3.05) is 26.8 Å². The number of nitrogens with zero attached hydrogens (tertiary/aromatic N) is 6. The van der Waals surface area contributed by atoms with Crippen LogP contribution in [0.25, 0.3) is 34.2 Å². The molecule has 0 amide bonds. The summed E-state index contributed by atoms with van der Waals surface area (Å²) in [6.45, 7) is 20.1. The lowest BCUT2D eigenvalue weighted by molar-refractivity contribution is 0.146. The maximum atomic E-state index is 9.83. The molecule has 4 heterocycles. The lowest BCUT2D eigenvalue weighted by atomic mass is 10.0. The SMILES string of the molecule is CCOc1nn(CCO)c2c1/C=C\c1[nH]nc3ccc(cc13)-c1c(C#C[Si](C(C)C)(C(C)C)C(C)C)nn(C)c1O[C@@H](C)CN(C)C2. The van der Waals surface area contributed by atoms with Crippen LogP contribution in [-0.2, 0) is 20.1 Å². The predicted octanol–water partition coefficient (Wildman–Crippen LogP) is 6.50. The molecule has 1 aromatic carbocycles. The van der Waals surface area contributed by atoms with Gasteiger partial charge in [0, 0.05) is 25.5 Å². The molecule has 10 nitrogen and oxygen atoms in total. The number of hydrogen-bond acceptors (Lipinski definition) is 7. The molecule has 0 unspecified atom stereocenters. The molecule has 0 saturated heterocycles. The minimum atomic E-state index is -2.01. The number of aliphatic hydroxyl groups excluding tert-OH is 1. The van der Waals surface area contributed by atoms with Crippen molar-refractivity contribution >= 4 is 31.1 Å². The normalized spacial score (nSPS) is 16.5. The van der Waals surface area contributed by atoms with E-state index >= 15 is 0 Å². The molecule has 1 aliphatic rings. The van der Waals surface area contributed by atoms with Gasteiger partial charge in [0.25, 0.3) is 0 Å². The van der Waals surface area contributed by atoms with E-state index in [1.165, 1.54) is 0 Å². The van der Waals surface area contributed by atoms with Crippen molar-refractivity contribution in [1.29, 1.82) is 0 Å². The number of fused-ring (bicyclic) bond motifs is 4. The predicted molar refractivity (Wildman–Crippen MR) is 192 cm³/mol. The Labute approximate surface area is 280 Å². The first-order chi connectivity index (χ1) is 22.4. The number of rotatable bonds is 7. The summed E-state index contributed by atoms with van der Waals surface area (Å²) < 4.78 is 16.4. The van der Waals surface area contributed by atoms with Gasteiger partial charge < -0.3 is 14.6 Å². The summed E-state index contributed by atoms with van der Waals surface area (Å²) >= 11 is 0. The highest BCUT2D eigenvalue weighted by molar-refractivity contribution is 6.90. The van der Waals surface area contributed by atoms with Crippen LogP contribution in [0.4, 0.5) is 0 Å². The number of likely N-dealkylation sites (N-methyl/N-ethyl adjacent to an activating group) is 1. The summed E-state index contributed by atoms with van der Waals surface area (Å²) in [5, 5.41) is 28.3. The number of aromatic amines is 1. The lowest BCUT2D eigenvalue weighted by Gasteiger charge is -2.38. The van der Waals surface area contributed by atoms with E-state index in [-0.39, 0.29) is 12.7 Å². The Bertz CT molecular complexity index is 1780. The fraction of sp³-hybridized carbons (Fsp3) is 0.528. The van der Waals surface area contributed by atoms with Crippen LogP contribution < -0.4 is 9.47 Å². The Morgan fingerprint density at radius 2 is 1.81 bits per heavy atom. The third-order valence-electron chi connectivity index (χ3n) is 9.51. The summed E-state index contributed by atoms with van der Waals surface area (Å²) in [6.07, 6.45) is 3.90. The molecule has 0 spiro atoms. The number of aliphatic hydroxyl groups is 1. The van der Waals surface area contributed by atoms with Crippen molar-refractivity contribution in [1.82, 2.24) is 34.7 Å². The Hall–Kier alpha value is -3.85. The molecular weight excluding hydrogens is 607 g/mol. The zero-order valence-corrected chi connectivity index (χ0v) is 30.7. The van der Waals surface area contributed by atoms with Crippen LogP contribution in [-0.4, -0.2) is 80.7 Å². The fourth-order valence-electron chi connectivity index (χ4n) is 7.40. The minimum absolute atomic E-state index is 0.0236. The molecule has 252 valence electrons. The van der Waals surface area contributed by atoms with Gasteiger partial charge in [0.2, 0.25) is 11.8 Å². The van der Waals surface area contributed by atoms with E-state index in [0.29, 0.717) is 54.6 Å². The average molecular weight is 658 g/mol. The topological polar surface area (TPSA) is 106 Å². The second kappa shape index (κ2) is 14.1. The average Bonchev–Trinajstić information content (AvgIpc) is 3.64. The Morgan fingerprint density at radius 3 is 2.47 bits per heavy atom. The second-order valence-electron chi connectivity index (χ2n) is 13.7. The first-order valence-electron chi connectivity index (χ1n) is 16.9. The number of nitrogens with one attached hydrogen (secondary N) is 1. The molecule has 47 heavy (non-hydrogen) atoms. The number of aromatic nitrogens is 6. The molecule has 2 N–H and O–H groups in total. The van der Waals surface area contributed by atoms with Gasteiger partial charge in [0.1, 0.15) is 19.9 Å². The standard InChI is InChI=1S/C36H51N7O3Si/c1-11-45-35-28-13-15-31-29-20-27(12-14-30(29)37-38-31)34-32(16-19-47(23(2)3,24(4)5)25(6)7)39-42(10)36(34)46-26(8)21-41(9)22-33(28)43(40-35)17-18-44/h12-15,20,23-26,44H,11,17-18,21-22H2,1-10H3,(H,37,38)/b15-13-/t26-/m0/s1. The van der Waals surface area contributed by atoms with Crippen LogP contribution in [0, 0.1) is 11.5 Å². The van der Waals surface area contributed by atoms with Crippen molar-refractivity contribution < 1.29 is 14.6 Å². The van der Waals surface area contributed by atoms with E-state index in [2.05, 4.69) is 94.2 Å². The van der Waals surface area contributed by atoms with Gasteiger partial charge in [-0.15, -0.1) is 10.6 Å². The summed E-state index contributed by atoms with van der Waals surface area (Å²) in [4.78, 5) is 2.21. The highest BCUT2D eigenvalue weighted by atomic mass is 28.3. The first-order valence-corrected chi connectivity index (χ1v) is 19.1. The summed E-state index contributed by atoms with van der Waals surface area (Å²) in [6, 6.07) is 6.28. The van der Waals surface area contributed by atoms with E-state index < -0.39 is 8.07 Å². The summed E-state index contributed by atoms with van der Waals surface area (Å²) in [5.74, 6) is 4.87. The number of H-pyrrole nitrogens is 1. The van der Waals surface area contributed by atoms with Gasteiger partial charge in [-0.2, -0.15) is 10.2 Å². The van der Waals surface area contributed by atoms with E-state index in [0.717, 1.165) is 44.7 Å². The monoisotopic (exact) mass is 657 g/mol. The third-order valence-corrected chi connectivity index (χ3v) is 15.8. The fourth-order valence-corrected chi connectivity index (χ4v) is 12.6. The van der Waals surface area contributed by atoms with Crippen LogP contribution in [0.15, 0.2) is 18.2 Å². The molecular formula is C36H51N7O3Si. The van der Waals surface area contributed by atoms with Gasteiger partial charge in [0.15, 0.2) is 0 Å². The van der Waals surface area contributed by atoms with Crippen molar-refractivity contribution in [3.05, 3.63) is 40.8 Å². The lowest BCUT2D eigenvalue weighted by Crippen LogP contribution is -2.43. The largest absolute Gasteiger partial charge is 0.476 e. The van der Waals surface area contributed by atoms with Crippen LogP contribution in [0.3, 0.4) is 0 Å². The number of benzene rings is 1. The summed E-state index contributed by atoms with van der Waals surface area (Å²) in [7, 11) is 2.00. The van der Waals surface area contributed by atoms with Gasteiger partial charge in [-0.1, -0.05) is 53.5 Å². The van der Waals surface area contributed by atoms with E-state index in [1.807, 2.05) is 41.6 Å². The summed E-state index contributed by atoms with van der Waals surface area (Å²) in [5.41, 5.74) is 11.6. The highest BCUT2D eigenvalue weighted by Gasteiger charge is 2.42.